The van der Waals surface area contributed by atoms with Gasteiger partial charge in [0.15, 0.2) is 0 Å². The van der Waals surface area contributed by atoms with Crippen LogP contribution in [0.3, 0.4) is 0 Å². The van der Waals surface area contributed by atoms with Gasteiger partial charge in [-0.15, -0.1) is 0 Å². The number of aromatic nitrogens is 4. The molecule has 0 aliphatic heterocycles. The Bertz CT molecular complexity index is 831. The number of carbonyl (C=O) groups is 1. The second-order valence-corrected chi connectivity index (χ2v) is 5.78. The first-order chi connectivity index (χ1) is 11.6. The summed E-state index contributed by atoms with van der Waals surface area (Å²) in [5.41, 5.74) is 3.69. The molecule has 6 nitrogen and oxygen atoms in total. The third-order valence-electron chi connectivity index (χ3n) is 4.19. The van der Waals surface area contributed by atoms with Crippen LogP contribution in [0.1, 0.15) is 35.4 Å². The van der Waals surface area contributed by atoms with Crippen molar-refractivity contribution in [3.05, 3.63) is 60.3 Å². The van der Waals surface area contributed by atoms with Gasteiger partial charge in [0.1, 0.15) is 0 Å². The van der Waals surface area contributed by atoms with E-state index >= 15 is 0 Å². The van der Waals surface area contributed by atoms with E-state index in [-0.39, 0.29) is 11.9 Å². The number of aryl methyl sites for hydroxylation is 2. The van der Waals surface area contributed by atoms with Crippen molar-refractivity contribution < 1.29 is 4.79 Å². The highest BCUT2D eigenvalue weighted by Crippen LogP contribution is 2.20. The molecule has 1 N–H and O–H groups in total. The molecule has 3 aromatic rings. The van der Waals surface area contributed by atoms with Crippen molar-refractivity contribution in [3.8, 4) is 11.3 Å². The van der Waals surface area contributed by atoms with Crippen molar-refractivity contribution in [1.29, 1.82) is 0 Å². The highest BCUT2D eigenvalue weighted by atomic mass is 16.1. The SMILES string of the molecule is CC[C@@H](NC(=O)c1ccc(-c2cncn2C)cc1)c1ccnn1C. The molecule has 2 heterocycles. The Morgan fingerprint density at radius 1 is 1.21 bits per heavy atom. The molecule has 6 heteroatoms. The molecule has 0 aliphatic carbocycles. The van der Waals surface area contributed by atoms with Crippen LogP contribution in [0.2, 0.25) is 0 Å². The summed E-state index contributed by atoms with van der Waals surface area (Å²) in [4.78, 5) is 16.6. The number of nitrogens with zero attached hydrogens (tertiary/aromatic N) is 4. The number of nitrogens with one attached hydrogen (secondary N) is 1. The average molecular weight is 323 g/mol. The van der Waals surface area contributed by atoms with Crippen molar-refractivity contribution in [2.75, 3.05) is 0 Å². The molecule has 0 radical (unpaired) electrons. The highest BCUT2D eigenvalue weighted by Gasteiger charge is 2.17. The van der Waals surface area contributed by atoms with Gasteiger partial charge in [0.05, 0.1) is 30.0 Å². The largest absolute Gasteiger partial charge is 0.344 e. The van der Waals surface area contributed by atoms with Crippen molar-refractivity contribution >= 4 is 5.91 Å². The molecule has 1 aromatic carbocycles. The third kappa shape index (κ3) is 3.08. The number of hydrogen-bond donors (Lipinski definition) is 1. The summed E-state index contributed by atoms with van der Waals surface area (Å²) >= 11 is 0. The van der Waals surface area contributed by atoms with E-state index in [2.05, 4.69) is 15.4 Å². The fraction of sp³-hybridized carbons (Fsp3) is 0.278. The van der Waals surface area contributed by atoms with E-state index < -0.39 is 0 Å². The average Bonchev–Trinajstić information content (AvgIpc) is 3.21. The van der Waals surface area contributed by atoms with Crippen molar-refractivity contribution in [1.82, 2.24) is 24.6 Å². The predicted octanol–water partition coefficient (Wildman–Crippen LogP) is 2.70. The summed E-state index contributed by atoms with van der Waals surface area (Å²) in [6.45, 7) is 2.05. The van der Waals surface area contributed by atoms with E-state index in [4.69, 9.17) is 0 Å². The number of rotatable bonds is 5. The summed E-state index contributed by atoms with van der Waals surface area (Å²) in [5, 5.41) is 7.25. The normalized spacial score (nSPS) is 12.1. The van der Waals surface area contributed by atoms with E-state index in [1.54, 1.807) is 17.2 Å². The Morgan fingerprint density at radius 3 is 2.50 bits per heavy atom. The summed E-state index contributed by atoms with van der Waals surface area (Å²) in [5.74, 6) is -0.0837. The van der Waals surface area contributed by atoms with Crippen molar-refractivity contribution in [2.45, 2.75) is 19.4 Å². The van der Waals surface area contributed by atoms with Gasteiger partial charge in [-0.1, -0.05) is 19.1 Å². The van der Waals surface area contributed by atoms with Gasteiger partial charge in [-0.3, -0.25) is 9.48 Å². The zero-order chi connectivity index (χ0) is 17.1. The van der Waals surface area contributed by atoms with E-state index in [1.807, 2.05) is 62.1 Å². The molecule has 124 valence electrons. The third-order valence-corrected chi connectivity index (χ3v) is 4.19. The second-order valence-electron chi connectivity index (χ2n) is 5.78. The van der Waals surface area contributed by atoms with Gasteiger partial charge in [-0.25, -0.2) is 4.98 Å². The Hall–Kier alpha value is -2.89. The van der Waals surface area contributed by atoms with Crippen molar-refractivity contribution in [2.24, 2.45) is 14.1 Å². The van der Waals surface area contributed by atoms with E-state index in [0.717, 1.165) is 23.4 Å². The fourth-order valence-corrected chi connectivity index (χ4v) is 2.78. The number of benzene rings is 1. The molecule has 24 heavy (non-hydrogen) atoms. The molecule has 2 aromatic heterocycles. The van der Waals surface area contributed by atoms with Crippen LogP contribution in [0.25, 0.3) is 11.3 Å². The fourth-order valence-electron chi connectivity index (χ4n) is 2.78. The van der Waals surface area contributed by atoms with Crippen LogP contribution in [-0.2, 0) is 14.1 Å². The molecular formula is C18H21N5O. The molecule has 0 aliphatic rings. The minimum atomic E-state index is -0.0837. The van der Waals surface area contributed by atoms with E-state index in [0.29, 0.717) is 5.56 Å². The summed E-state index contributed by atoms with van der Waals surface area (Å²) in [6.07, 6.45) is 6.12. The minimum Gasteiger partial charge on any atom is -0.344 e. The van der Waals surface area contributed by atoms with Crippen molar-refractivity contribution in [3.63, 3.8) is 0 Å². The first-order valence-corrected chi connectivity index (χ1v) is 7.95. The van der Waals surface area contributed by atoms with Crippen LogP contribution in [0.15, 0.2) is 49.1 Å². The Kier molecular flexibility index (Phi) is 4.46. The van der Waals surface area contributed by atoms with E-state index in [9.17, 15) is 4.79 Å². The minimum absolute atomic E-state index is 0.0539. The van der Waals surface area contributed by atoms with Gasteiger partial charge < -0.3 is 9.88 Å². The summed E-state index contributed by atoms with van der Waals surface area (Å²) in [7, 11) is 3.83. The van der Waals surface area contributed by atoms with Gasteiger partial charge >= 0.3 is 0 Å². The molecule has 1 atom stereocenters. The monoisotopic (exact) mass is 323 g/mol. The Balaban J connectivity index is 1.75. The Labute approximate surface area is 141 Å². The first kappa shape index (κ1) is 16.0. The van der Waals surface area contributed by atoms with Gasteiger partial charge in [-0.2, -0.15) is 5.10 Å². The molecule has 0 saturated carbocycles. The number of hydrogen-bond acceptors (Lipinski definition) is 3. The quantitative estimate of drug-likeness (QED) is 0.785. The molecule has 0 unspecified atom stereocenters. The lowest BCUT2D eigenvalue weighted by Crippen LogP contribution is -2.29. The topological polar surface area (TPSA) is 64.7 Å². The van der Waals surface area contributed by atoms with Crippen LogP contribution >= 0.6 is 0 Å². The van der Waals surface area contributed by atoms with Crippen LogP contribution in [-0.4, -0.2) is 25.2 Å². The van der Waals surface area contributed by atoms with E-state index in [1.165, 1.54) is 0 Å². The molecule has 1 amide bonds. The van der Waals surface area contributed by atoms with Crippen LogP contribution in [0.5, 0.6) is 0 Å². The first-order valence-electron chi connectivity index (χ1n) is 7.95. The van der Waals surface area contributed by atoms with Gasteiger partial charge in [0.25, 0.3) is 5.91 Å². The molecule has 0 saturated heterocycles. The van der Waals surface area contributed by atoms with Gasteiger partial charge in [0.2, 0.25) is 0 Å². The highest BCUT2D eigenvalue weighted by molar-refractivity contribution is 5.94. The maximum atomic E-state index is 12.5. The van der Waals surface area contributed by atoms with Gasteiger partial charge in [0, 0.05) is 25.9 Å². The van der Waals surface area contributed by atoms with Gasteiger partial charge in [-0.05, 0) is 30.2 Å². The van der Waals surface area contributed by atoms with Crippen LogP contribution in [0, 0.1) is 0 Å². The zero-order valence-corrected chi connectivity index (χ0v) is 14.1. The lowest BCUT2D eigenvalue weighted by atomic mass is 10.1. The zero-order valence-electron chi connectivity index (χ0n) is 14.1. The Morgan fingerprint density at radius 2 is 1.96 bits per heavy atom. The number of carbonyl (C=O) groups excluding carboxylic acids is 1. The summed E-state index contributed by atoms with van der Waals surface area (Å²) in [6, 6.07) is 9.44. The summed E-state index contributed by atoms with van der Waals surface area (Å²) < 4.78 is 3.74. The molecule has 0 fully saturated rings. The second kappa shape index (κ2) is 6.70. The molecule has 0 bridgehead atoms. The van der Waals surface area contributed by atoms with Crippen LogP contribution in [0.4, 0.5) is 0 Å². The van der Waals surface area contributed by atoms with Crippen LogP contribution < -0.4 is 5.32 Å². The lowest BCUT2D eigenvalue weighted by Gasteiger charge is -2.17. The predicted molar refractivity (Wildman–Crippen MR) is 92.4 cm³/mol. The standard InChI is InChI=1S/C18H21N5O/c1-4-15(16-9-10-20-23(16)3)21-18(24)14-7-5-13(6-8-14)17-11-19-12-22(17)2/h5-12,15H,4H2,1-3H3,(H,21,24)/t15-/m1/s1. The lowest BCUT2D eigenvalue weighted by molar-refractivity contribution is 0.0934. The number of imidazole rings is 1. The maximum Gasteiger partial charge on any atom is 0.251 e. The maximum absolute atomic E-state index is 12.5. The molecular weight excluding hydrogens is 302 g/mol. The molecule has 3 rings (SSSR count). The molecule has 0 spiro atoms. The number of amides is 1. The smallest absolute Gasteiger partial charge is 0.251 e.